The number of nitrogens with one attached hydrogen (secondary N) is 1. The predicted octanol–water partition coefficient (Wildman–Crippen LogP) is 3.03. The zero-order valence-corrected chi connectivity index (χ0v) is 11.8. The normalized spacial score (nSPS) is 36.0. The molecule has 0 aromatic rings. The van der Waals surface area contributed by atoms with Gasteiger partial charge in [0, 0.05) is 31.7 Å². The zero-order valence-electron chi connectivity index (χ0n) is 11.8. The number of rotatable bonds is 4. The maximum absolute atomic E-state index is 3.54. The molecule has 2 rings (SSSR count). The molecule has 2 fully saturated rings. The van der Waals surface area contributed by atoms with Crippen molar-refractivity contribution in [1.29, 1.82) is 0 Å². The zero-order chi connectivity index (χ0) is 12.1. The Morgan fingerprint density at radius 1 is 1.12 bits per heavy atom. The molecule has 0 radical (unpaired) electrons. The Hall–Kier alpha value is -0.0800. The molecule has 2 heteroatoms. The highest BCUT2D eigenvalue weighted by Gasteiger charge is 2.30. The summed E-state index contributed by atoms with van der Waals surface area (Å²) in [4.78, 5) is 2.82. The third kappa shape index (κ3) is 3.45. The van der Waals surface area contributed by atoms with E-state index < -0.39 is 0 Å². The summed E-state index contributed by atoms with van der Waals surface area (Å²) in [5.41, 5.74) is 0. The van der Waals surface area contributed by atoms with Gasteiger partial charge in [0.15, 0.2) is 0 Å². The van der Waals surface area contributed by atoms with Gasteiger partial charge in [-0.3, -0.25) is 4.90 Å². The van der Waals surface area contributed by atoms with Gasteiger partial charge < -0.3 is 5.32 Å². The lowest BCUT2D eigenvalue weighted by Gasteiger charge is -2.44. The largest absolute Gasteiger partial charge is 0.314 e. The lowest BCUT2D eigenvalue weighted by atomic mass is 9.82. The minimum atomic E-state index is 0.802. The van der Waals surface area contributed by atoms with Crippen molar-refractivity contribution in [3.63, 3.8) is 0 Å². The second-order valence-electron chi connectivity index (χ2n) is 5.97. The monoisotopic (exact) mass is 238 g/mol. The van der Waals surface area contributed by atoms with E-state index in [-0.39, 0.29) is 0 Å². The Balaban J connectivity index is 1.82. The molecule has 1 heterocycles. The third-order valence-corrected chi connectivity index (χ3v) is 4.85. The minimum absolute atomic E-state index is 0.802. The van der Waals surface area contributed by atoms with Crippen LogP contribution in [0.15, 0.2) is 0 Å². The number of hydrogen-bond acceptors (Lipinski definition) is 2. The van der Waals surface area contributed by atoms with Crippen LogP contribution in [0.3, 0.4) is 0 Å². The highest BCUT2D eigenvalue weighted by molar-refractivity contribution is 4.87. The maximum Gasteiger partial charge on any atom is 0.0221 e. The number of piperazine rings is 1. The van der Waals surface area contributed by atoms with Crippen LogP contribution in [-0.2, 0) is 0 Å². The van der Waals surface area contributed by atoms with Crippen LogP contribution in [0.4, 0.5) is 0 Å². The van der Waals surface area contributed by atoms with Crippen LogP contribution in [-0.4, -0.2) is 36.6 Å². The summed E-state index contributed by atoms with van der Waals surface area (Å²) in [7, 11) is 0. The van der Waals surface area contributed by atoms with Crippen LogP contribution in [0.2, 0.25) is 0 Å². The van der Waals surface area contributed by atoms with Crippen molar-refractivity contribution in [2.75, 3.05) is 19.6 Å². The molecule has 0 amide bonds. The standard InChI is InChI=1S/C15H30N2/c1-3-5-13-6-8-15(9-7-13)17-11-10-16-12-14(17)4-2/h13-16H,3-12H2,1-2H3. The lowest BCUT2D eigenvalue weighted by molar-refractivity contribution is 0.0684. The lowest BCUT2D eigenvalue weighted by Crippen LogP contribution is -2.55. The van der Waals surface area contributed by atoms with Gasteiger partial charge in [-0.1, -0.05) is 26.7 Å². The van der Waals surface area contributed by atoms with E-state index in [1.807, 2.05) is 0 Å². The van der Waals surface area contributed by atoms with E-state index in [0.29, 0.717) is 0 Å². The molecule has 1 atom stereocenters. The minimum Gasteiger partial charge on any atom is -0.314 e. The quantitative estimate of drug-likeness (QED) is 0.810. The van der Waals surface area contributed by atoms with Crippen molar-refractivity contribution in [1.82, 2.24) is 10.2 Å². The van der Waals surface area contributed by atoms with Crippen molar-refractivity contribution in [3.05, 3.63) is 0 Å². The van der Waals surface area contributed by atoms with Crippen LogP contribution in [0, 0.1) is 5.92 Å². The topological polar surface area (TPSA) is 15.3 Å². The number of hydrogen-bond donors (Lipinski definition) is 1. The van der Waals surface area contributed by atoms with Crippen LogP contribution < -0.4 is 5.32 Å². The highest BCUT2D eigenvalue weighted by atomic mass is 15.2. The van der Waals surface area contributed by atoms with Gasteiger partial charge in [-0.2, -0.15) is 0 Å². The Morgan fingerprint density at radius 3 is 2.53 bits per heavy atom. The van der Waals surface area contributed by atoms with Crippen molar-refractivity contribution >= 4 is 0 Å². The van der Waals surface area contributed by atoms with E-state index >= 15 is 0 Å². The van der Waals surface area contributed by atoms with Gasteiger partial charge in [0.2, 0.25) is 0 Å². The van der Waals surface area contributed by atoms with Gasteiger partial charge in [-0.15, -0.1) is 0 Å². The van der Waals surface area contributed by atoms with Gasteiger partial charge in [0.05, 0.1) is 0 Å². The fourth-order valence-electron chi connectivity index (χ4n) is 3.81. The Kier molecular flexibility index (Phi) is 5.30. The van der Waals surface area contributed by atoms with Gasteiger partial charge in [0.25, 0.3) is 0 Å². The van der Waals surface area contributed by atoms with Gasteiger partial charge in [-0.05, 0) is 38.0 Å². The molecule has 1 unspecified atom stereocenters. The summed E-state index contributed by atoms with van der Waals surface area (Å²) >= 11 is 0. The highest BCUT2D eigenvalue weighted by Crippen LogP contribution is 2.31. The van der Waals surface area contributed by atoms with Crippen LogP contribution >= 0.6 is 0 Å². The first-order chi connectivity index (χ1) is 8.35. The summed E-state index contributed by atoms with van der Waals surface area (Å²) in [6, 6.07) is 1.70. The Bertz CT molecular complexity index is 209. The van der Waals surface area contributed by atoms with E-state index in [2.05, 4.69) is 24.1 Å². The van der Waals surface area contributed by atoms with E-state index in [9.17, 15) is 0 Å². The fraction of sp³-hybridized carbons (Fsp3) is 1.00. The van der Waals surface area contributed by atoms with Crippen LogP contribution in [0.25, 0.3) is 0 Å². The maximum atomic E-state index is 3.54. The van der Waals surface area contributed by atoms with E-state index in [1.165, 1.54) is 64.6 Å². The Labute approximate surface area is 107 Å². The molecule has 2 nitrogen and oxygen atoms in total. The molecule has 0 aromatic heterocycles. The molecular weight excluding hydrogens is 208 g/mol. The first kappa shape index (κ1) is 13.4. The summed E-state index contributed by atoms with van der Waals surface area (Å²) in [6.45, 7) is 8.36. The fourth-order valence-corrected chi connectivity index (χ4v) is 3.81. The molecule has 0 bridgehead atoms. The first-order valence-electron chi connectivity index (χ1n) is 7.81. The van der Waals surface area contributed by atoms with Crippen LogP contribution in [0.5, 0.6) is 0 Å². The molecule has 17 heavy (non-hydrogen) atoms. The molecule has 100 valence electrons. The van der Waals surface area contributed by atoms with Crippen molar-refractivity contribution in [2.24, 2.45) is 5.92 Å². The molecule has 0 spiro atoms. The first-order valence-corrected chi connectivity index (χ1v) is 7.81. The summed E-state index contributed by atoms with van der Waals surface area (Å²) in [5, 5.41) is 3.54. The third-order valence-electron chi connectivity index (χ3n) is 4.85. The molecule has 2 aliphatic rings. The van der Waals surface area contributed by atoms with Gasteiger partial charge in [-0.25, -0.2) is 0 Å². The van der Waals surface area contributed by atoms with Gasteiger partial charge >= 0.3 is 0 Å². The summed E-state index contributed by atoms with van der Waals surface area (Å²) < 4.78 is 0. The van der Waals surface area contributed by atoms with Crippen molar-refractivity contribution < 1.29 is 0 Å². The summed E-state index contributed by atoms with van der Waals surface area (Å²) in [6.07, 6.45) is 10.0. The molecule has 1 aliphatic carbocycles. The second-order valence-corrected chi connectivity index (χ2v) is 5.97. The van der Waals surface area contributed by atoms with Crippen molar-refractivity contribution in [2.45, 2.75) is 70.9 Å². The van der Waals surface area contributed by atoms with Crippen LogP contribution in [0.1, 0.15) is 58.8 Å². The molecule has 0 aromatic carbocycles. The smallest absolute Gasteiger partial charge is 0.0221 e. The van der Waals surface area contributed by atoms with E-state index in [1.54, 1.807) is 0 Å². The molecule has 1 aliphatic heterocycles. The second kappa shape index (κ2) is 6.75. The van der Waals surface area contributed by atoms with E-state index in [4.69, 9.17) is 0 Å². The molecular formula is C15H30N2. The molecule has 1 saturated heterocycles. The van der Waals surface area contributed by atoms with E-state index in [0.717, 1.165) is 18.0 Å². The SMILES string of the molecule is CCCC1CCC(N2CCNCC2CC)CC1. The molecule has 1 saturated carbocycles. The number of nitrogens with zero attached hydrogens (tertiary/aromatic N) is 1. The average molecular weight is 238 g/mol. The van der Waals surface area contributed by atoms with Gasteiger partial charge in [0.1, 0.15) is 0 Å². The Morgan fingerprint density at radius 2 is 1.88 bits per heavy atom. The van der Waals surface area contributed by atoms with Crippen molar-refractivity contribution in [3.8, 4) is 0 Å². The molecule has 1 N–H and O–H groups in total. The predicted molar refractivity (Wildman–Crippen MR) is 74.3 cm³/mol. The summed E-state index contributed by atoms with van der Waals surface area (Å²) in [5.74, 6) is 1.04. The average Bonchev–Trinajstić information content (AvgIpc) is 2.40.